The van der Waals surface area contributed by atoms with Crippen molar-refractivity contribution in [2.75, 3.05) is 26.3 Å². The van der Waals surface area contributed by atoms with Crippen LogP contribution in [0, 0.1) is 5.92 Å². The lowest BCUT2D eigenvalue weighted by atomic mass is 10.0. The fourth-order valence-electron chi connectivity index (χ4n) is 1.46. The first-order chi connectivity index (χ1) is 7.49. The van der Waals surface area contributed by atoms with E-state index >= 15 is 0 Å². The number of halogens is 3. The normalized spacial score (nSPS) is 14.1. The summed E-state index contributed by atoms with van der Waals surface area (Å²) in [7, 11) is 0. The summed E-state index contributed by atoms with van der Waals surface area (Å²) in [4.78, 5) is 0. The summed E-state index contributed by atoms with van der Waals surface area (Å²) in [6.45, 7) is 5.07. The summed E-state index contributed by atoms with van der Waals surface area (Å²) in [6.07, 6.45) is -1.54. The highest BCUT2D eigenvalue weighted by Gasteiger charge is 2.27. The lowest BCUT2D eigenvalue weighted by Crippen LogP contribution is -2.22. The summed E-state index contributed by atoms with van der Waals surface area (Å²) in [5.41, 5.74) is 0. The first kappa shape index (κ1) is 15.7. The first-order valence-electron chi connectivity index (χ1n) is 5.84. The van der Waals surface area contributed by atoms with Crippen molar-refractivity contribution in [1.82, 2.24) is 5.32 Å². The predicted octanol–water partition coefficient (Wildman–Crippen LogP) is 2.98. The van der Waals surface area contributed by atoms with Crippen LogP contribution in [0.5, 0.6) is 0 Å². The van der Waals surface area contributed by atoms with Gasteiger partial charge < -0.3 is 10.1 Å². The molecule has 5 heteroatoms. The summed E-state index contributed by atoms with van der Waals surface area (Å²) in [6, 6.07) is 0. The van der Waals surface area contributed by atoms with Gasteiger partial charge in [-0.05, 0) is 31.8 Å². The zero-order valence-electron chi connectivity index (χ0n) is 10.1. The third-order valence-electron chi connectivity index (χ3n) is 2.43. The maximum absolute atomic E-state index is 11.7. The van der Waals surface area contributed by atoms with Gasteiger partial charge in [0, 0.05) is 6.61 Å². The van der Waals surface area contributed by atoms with E-state index in [1.807, 2.05) is 6.92 Å². The molecule has 0 spiro atoms. The Morgan fingerprint density at radius 1 is 1.25 bits per heavy atom. The van der Waals surface area contributed by atoms with Gasteiger partial charge in [0.2, 0.25) is 0 Å². The van der Waals surface area contributed by atoms with Gasteiger partial charge in [-0.25, -0.2) is 0 Å². The zero-order valence-corrected chi connectivity index (χ0v) is 10.1. The molecule has 1 atom stereocenters. The Bertz CT molecular complexity index is 162. The molecule has 0 radical (unpaired) electrons. The molecule has 0 heterocycles. The molecule has 0 saturated heterocycles. The van der Waals surface area contributed by atoms with Crippen LogP contribution in [0.4, 0.5) is 13.2 Å². The first-order valence-corrected chi connectivity index (χ1v) is 5.84. The highest BCUT2D eigenvalue weighted by molar-refractivity contribution is 4.60. The molecule has 0 rings (SSSR count). The Balaban J connectivity index is 3.41. The monoisotopic (exact) mass is 241 g/mol. The second kappa shape index (κ2) is 8.82. The number of alkyl halides is 3. The van der Waals surface area contributed by atoms with Crippen LogP contribution < -0.4 is 5.32 Å². The Kier molecular flexibility index (Phi) is 8.66. The minimum absolute atomic E-state index is 0.197. The summed E-state index contributed by atoms with van der Waals surface area (Å²) in [5, 5.41) is 3.24. The van der Waals surface area contributed by atoms with Crippen molar-refractivity contribution in [1.29, 1.82) is 0 Å². The Morgan fingerprint density at radius 3 is 2.44 bits per heavy atom. The van der Waals surface area contributed by atoms with Gasteiger partial charge >= 0.3 is 6.18 Å². The molecule has 1 unspecified atom stereocenters. The molecule has 98 valence electrons. The molecule has 1 N–H and O–H groups in total. The van der Waals surface area contributed by atoms with E-state index in [1.54, 1.807) is 0 Å². The Labute approximate surface area is 95.5 Å². The van der Waals surface area contributed by atoms with E-state index in [4.69, 9.17) is 0 Å². The van der Waals surface area contributed by atoms with Crippen LogP contribution in [0.25, 0.3) is 0 Å². The largest absolute Gasteiger partial charge is 0.411 e. The number of hydrogen-bond donors (Lipinski definition) is 1. The third kappa shape index (κ3) is 10.2. The van der Waals surface area contributed by atoms with E-state index < -0.39 is 12.8 Å². The highest BCUT2D eigenvalue weighted by Crippen LogP contribution is 2.15. The summed E-state index contributed by atoms with van der Waals surface area (Å²) in [5.74, 6) is 0.537. The molecule has 0 saturated carbocycles. The minimum atomic E-state index is -4.20. The van der Waals surface area contributed by atoms with E-state index in [9.17, 15) is 13.2 Å². The van der Waals surface area contributed by atoms with Crippen molar-refractivity contribution < 1.29 is 17.9 Å². The van der Waals surface area contributed by atoms with Gasteiger partial charge in [-0.3, -0.25) is 0 Å². The fourth-order valence-corrected chi connectivity index (χ4v) is 1.46. The van der Waals surface area contributed by atoms with Crippen LogP contribution in [-0.2, 0) is 4.74 Å². The molecule has 0 bridgehead atoms. The minimum Gasteiger partial charge on any atom is -0.372 e. The van der Waals surface area contributed by atoms with Crippen LogP contribution >= 0.6 is 0 Å². The van der Waals surface area contributed by atoms with Crippen molar-refractivity contribution in [3.8, 4) is 0 Å². The van der Waals surface area contributed by atoms with Gasteiger partial charge in [-0.1, -0.05) is 20.3 Å². The van der Waals surface area contributed by atoms with Gasteiger partial charge in [-0.2, -0.15) is 13.2 Å². The van der Waals surface area contributed by atoms with Crippen LogP contribution in [0.3, 0.4) is 0 Å². The SMILES string of the molecule is CCNCC(CC)CCCOCC(F)(F)F. The van der Waals surface area contributed by atoms with Gasteiger partial charge in [0.25, 0.3) is 0 Å². The van der Waals surface area contributed by atoms with Crippen LogP contribution in [0.15, 0.2) is 0 Å². The molecule has 0 amide bonds. The van der Waals surface area contributed by atoms with Crippen molar-refractivity contribution in [2.24, 2.45) is 5.92 Å². The molecule has 0 aromatic heterocycles. The van der Waals surface area contributed by atoms with Crippen LogP contribution in [0.1, 0.15) is 33.1 Å². The summed E-state index contributed by atoms with van der Waals surface area (Å²) < 4.78 is 39.8. The molecule has 0 fully saturated rings. The lowest BCUT2D eigenvalue weighted by Gasteiger charge is -2.15. The number of ether oxygens (including phenoxy) is 1. The van der Waals surface area contributed by atoms with Crippen molar-refractivity contribution in [2.45, 2.75) is 39.3 Å². The summed E-state index contributed by atoms with van der Waals surface area (Å²) >= 11 is 0. The van der Waals surface area contributed by atoms with Crippen molar-refractivity contribution in [3.05, 3.63) is 0 Å². The number of nitrogens with one attached hydrogen (secondary N) is 1. The van der Waals surface area contributed by atoms with Crippen LogP contribution in [0.2, 0.25) is 0 Å². The molecule has 0 aliphatic heterocycles. The van der Waals surface area contributed by atoms with Crippen molar-refractivity contribution >= 4 is 0 Å². The number of hydrogen-bond acceptors (Lipinski definition) is 2. The number of rotatable bonds is 9. The third-order valence-corrected chi connectivity index (χ3v) is 2.43. The second-order valence-electron chi connectivity index (χ2n) is 3.89. The average molecular weight is 241 g/mol. The standard InChI is InChI=1S/C11H22F3NO/c1-3-10(8-15-4-2)6-5-7-16-9-11(12,13)14/h10,15H,3-9H2,1-2H3. The van der Waals surface area contributed by atoms with Gasteiger partial charge in [0.05, 0.1) is 0 Å². The zero-order chi connectivity index (χ0) is 12.4. The van der Waals surface area contributed by atoms with E-state index in [2.05, 4.69) is 17.0 Å². The molecule has 16 heavy (non-hydrogen) atoms. The molecule has 0 aromatic rings. The quantitative estimate of drug-likeness (QED) is 0.627. The van der Waals surface area contributed by atoms with Gasteiger partial charge in [-0.15, -0.1) is 0 Å². The maximum atomic E-state index is 11.7. The fraction of sp³-hybridized carbons (Fsp3) is 1.00. The maximum Gasteiger partial charge on any atom is 0.411 e. The smallest absolute Gasteiger partial charge is 0.372 e. The van der Waals surface area contributed by atoms with Gasteiger partial charge in [0.1, 0.15) is 6.61 Å². The topological polar surface area (TPSA) is 21.3 Å². The molecular formula is C11H22F3NO. The second-order valence-corrected chi connectivity index (χ2v) is 3.89. The average Bonchev–Trinajstić information content (AvgIpc) is 2.20. The van der Waals surface area contributed by atoms with Crippen LogP contribution in [-0.4, -0.2) is 32.5 Å². The van der Waals surface area contributed by atoms with E-state index in [-0.39, 0.29) is 6.61 Å². The molecule has 0 aliphatic rings. The lowest BCUT2D eigenvalue weighted by molar-refractivity contribution is -0.174. The predicted molar refractivity (Wildman–Crippen MR) is 58.4 cm³/mol. The van der Waals surface area contributed by atoms with E-state index in [0.717, 1.165) is 25.9 Å². The molecular weight excluding hydrogens is 219 g/mol. The van der Waals surface area contributed by atoms with Gasteiger partial charge in [0.15, 0.2) is 0 Å². The Morgan fingerprint density at radius 2 is 1.94 bits per heavy atom. The van der Waals surface area contributed by atoms with E-state index in [0.29, 0.717) is 12.3 Å². The molecule has 2 nitrogen and oxygen atoms in total. The Hall–Kier alpha value is -0.290. The van der Waals surface area contributed by atoms with E-state index in [1.165, 1.54) is 0 Å². The molecule has 0 aliphatic carbocycles. The van der Waals surface area contributed by atoms with Crippen molar-refractivity contribution in [3.63, 3.8) is 0 Å². The molecule has 0 aromatic carbocycles. The highest BCUT2D eigenvalue weighted by atomic mass is 19.4.